The number of hydrogen-bond acceptors (Lipinski definition) is 3. The van der Waals surface area contributed by atoms with Gasteiger partial charge < -0.3 is 14.8 Å². The first-order chi connectivity index (χ1) is 8.15. The van der Waals surface area contributed by atoms with E-state index in [9.17, 15) is 9.90 Å². The average molecular weight is 237 g/mol. The van der Waals surface area contributed by atoms with Crippen LogP contribution in [0.1, 0.15) is 48.2 Å². The molecule has 1 saturated carbocycles. The van der Waals surface area contributed by atoms with Crippen LogP contribution in [0.3, 0.4) is 0 Å². The summed E-state index contributed by atoms with van der Waals surface area (Å²) in [6.45, 7) is 1.81. The van der Waals surface area contributed by atoms with E-state index in [1.807, 2.05) is 0 Å². The summed E-state index contributed by atoms with van der Waals surface area (Å²) >= 11 is 0. The van der Waals surface area contributed by atoms with Gasteiger partial charge in [-0.1, -0.05) is 19.3 Å². The van der Waals surface area contributed by atoms with E-state index in [1.54, 1.807) is 13.0 Å². The molecular formula is C13H19NO3. The lowest BCUT2D eigenvalue weighted by molar-refractivity contribution is 0.0758. The third-order valence-corrected chi connectivity index (χ3v) is 3.48. The van der Waals surface area contributed by atoms with Gasteiger partial charge in [-0.15, -0.1) is 0 Å². The lowest BCUT2D eigenvalue weighted by Gasteiger charge is -2.36. The number of carbonyl (C=O) groups excluding carboxylic acids is 1. The Morgan fingerprint density at radius 2 is 2.18 bits per heavy atom. The minimum atomic E-state index is -0.430. The Balaban J connectivity index is 2.05. The molecule has 94 valence electrons. The standard InChI is InChI=1S/C13H19NO3/c1-10-7-11(8-17-10)12(16)14-13(9-15)5-3-2-4-6-13/h7-8,15H,2-6,9H2,1H3,(H,14,16). The van der Waals surface area contributed by atoms with Crippen LogP contribution in [0.5, 0.6) is 0 Å². The topological polar surface area (TPSA) is 62.5 Å². The number of hydrogen-bond donors (Lipinski definition) is 2. The quantitative estimate of drug-likeness (QED) is 0.845. The number of amides is 1. The Hall–Kier alpha value is -1.29. The predicted molar refractivity (Wildman–Crippen MR) is 63.8 cm³/mol. The van der Waals surface area contributed by atoms with Crippen molar-refractivity contribution < 1.29 is 14.3 Å². The largest absolute Gasteiger partial charge is 0.469 e. The second-order valence-electron chi connectivity index (χ2n) is 4.90. The molecule has 0 unspecified atom stereocenters. The Kier molecular flexibility index (Phi) is 3.52. The van der Waals surface area contributed by atoms with E-state index in [0.29, 0.717) is 5.56 Å². The van der Waals surface area contributed by atoms with Gasteiger partial charge in [0.2, 0.25) is 0 Å². The van der Waals surface area contributed by atoms with E-state index in [0.717, 1.165) is 31.4 Å². The van der Waals surface area contributed by atoms with Gasteiger partial charge in [0.15, 0.2) is 0 Å². The third-order valence-electron chi connectivity index (χ3n) is 3.48. The van der Waals surface area contributed by atoms with Crippen molar-refractivity contribution in [3.8, 4) is 0 Å². The summed E-state index contributed by atoms with van der Waals surface area (Å²) in [5.74, 6) is 0.564. The molecule has 0 aliphatic heterocycles. The van der Waals surface area contributed by atoms with Crippen molar-refractivity contribution in [3.05, 3.63) is 23.7 Å². The fourth-order valence-corrected chi connectivity index (χ4v) is 2.43. The van der Waals surface area contributed by atoms with Gasteiger partial charge in [0, 0.05) is 0 Å². The van der Waals surface area contributed by atoms with Crippen LogP contribution in [0.2, 0.25) is 0 Å². The maximum Gasteiger partial charge on any atom is 0.255 e. The third kappa shape index (κ3) is 2.69. The van der Waals surface area contributed by atoms with E-state index in [4.69, 9.17) is 4.42 Å². The first-order valence-electron chi connectivity index (χ1n) is 6.14. The first-order valence-corrected chi connectivity index (χ1v) is 6.14. The smallest absolute Gasteiger partial charge is 0.255 e. The zero-order valence-electron chi connectivity index (χ0n) is 10.2. The highest BCUT2D eigenvalue weighted by Crippen LogP contribution is 2.28. The molecule has 1 amide bonds. The minimum Gasteiger partial charge on any atom is -0.469 e. The molecule has 1 aliphatic rings. The molecule has 2 N–H and O–H groups in total. The fraction of sp³-hybridized carbons (Fsp3) is 0.615. The number of aryl methyl sites for hydroxylation is 1. The Morgan fingerprint density at radius 3 is 2.71 bits per heavy atom. The van der Waals surface area contributed by atoms with Gasteiger partial charge in [-0.05, 0) is 25.8 Å². The Labute approximate surface area is 101 Å². The second kappa shape index (κ2) is 4.92. The van der Waals surface area contributed by atoms with Crippen molar-refractivity contribution in [1.82, 2.24) is 5.32 Å². The Bertz CT molecular complexity index is 391. The zero-order valence-corrected chi connectivity index (χ0v) is 10.2. The van der Waals surface area contributed by atoms with Crippen LogP contribution >= 0.6 is 0 Å². The summed E-state index contributed by atoms with van der Waals surface area (Å²) in [6.07, 6.45) is 6.47. The van der Waals surface area contributed by atoms with Crippen molar-refractivity contribution in [2.24, 2.45) is 0 Å². The van der Waals surface area contributed by atoms with Gasteiger partial charge in [-0.25, -0.2) is 0 Å². The summed E-state index contributed by atoms with van der Waals surface area (Å²) in [5, 5.41) is 12.5. The highest BCUT2D eigenvalue weighted by atomic mass is 16.3. The molecule has 0 aromatic carbocycles. The predicted octanol–water partition coefficient (Wildman–Crippen LogP) is 2.01. The van der Waals surface area contributed by atoms with E-state index in [2.05, 4.69) is 5.32 Å². The van der Waals surface area contributed by atoms with Crippen molar-refractivity contribution in [2.75, 3.05) is 6.61 Å². The number of carbonyl (C=O) groups is 1. The molecule has 2 rings (SSSR count). The highest BCUT2D eigenvalue weighted by molar-refractivity contribution is 5.94. The molecule has 17 heavy (non-hydrogen) atoms. The molecule has 1 aromatic heterocycles. The molecule has 1 aromatic rings. The van der Waals surface area contributed by atoms with Gasteiger partial charge in [0.05, 0.1) is 17.7 Å². The molecule has 0 bridgehead atoms. The van der Waals surface area contributed by atoms with Crippen LogP contribution in [0, 0.1) is 6.92 Å². The number of furan rings is 1. The second-order valence-corrected chi connectivity index (χ2v) is 4.90. The van der Waals surface area contributed by atoms with Crippen molar-refractivity contribution in [1.29, 1.82) is 0 Å². The minimum absolute atomic E-state index is 0.00950. The van der Waals surface area contributed by atoms with E-state index < -0.39 is 5.54 Å². The summed E-state index contributed by atoms with van der Waals surface area (Å²) in [6, 6.07) is 1.71. The Morgan fingerprint density at radius 1 is 1.47 bits per heavy atom. The summed E-state index contributed by atoms with van der Waals surface area (Å²) in [5.41, 5.74) is 0.0986. The zero-order chi connectivity index (χ0) is 12.3. The van der Waals surface area contributed by atoms with Crippen LogP contribution in [0.15, 0.2) is 16.7 Å². The number of aliphatic hydroxyl groups excluding tert-OH is 1. The fourth-order valence-electron chi connectivity index (χ4n) is 2.43. The molecule has 1 heterocycles. The van der Waals surface area contributed by atoms with Gasteiger partial charge in [-0.2, -0.15) is 0 Å². The van der Waals surface area contributed by atoms with Crippen LogP contribution in [-0.2, 0) is 0 Å². The normalized spacial score (nSPS) is 18.9. The molecule has 0 radical (unpaired) electrons. The molecular weight excluding hydrogens is 218 g/mol. The molecule has 4 heteroatoms. The van der Waals surface area contributed by atoms with Crippen molar-refractivity contribution in [3.63, 3.8) is 0 Å². The van der Waals surface area contributed by atoms with Crippen LogP contribution in [-0.4, -0.2) is 23.2 Å². The van der Waals surface area contributed by atoms with Gasteiger partial charge in [0.25, 0.3) is 5.91 Å². The number of rotatable bonds is 3. The number of aliphatic hydroxyl groups is 1. The lowest BCUT2D eigenvalue weighted by Crippen LogP contribution is -2.52. The maximum atomic E-state index is 12.0. The highest BCUT2D eigenvalue weighted by Gasteiger charge is 2.33. The molecule has 0 spiro atoms. The number of nitrogens with one attached hydrogen (secondary N) is 1. The summed E-state index contributed by atoms with van der Waals surface area (Å²) in [7, 11) is 0. The van der Waals surface area contributed by atoms with E-state index in [1.165, 1.54) is 12.7 Å². The van der Waals surface area contributed by atoms with Crippen LogP contribution < -0.4 is 5.32 Å². The molecule has 0 saturated heterocycles. The van der Waals surface area contributed by atoms with E-state index >= 15 is 0 Å². The lowest BCUT2D eigenvalue weighted by atomic mass is 9.82. The average Bonchev–Trinajstić information content (AvgIpc) is 2.77. The molecule has 4 nitrogen and oxygen atoms in total. The van der Waals surface area contributed by atoms with E-state index in [-0.39, 0.29) is 12.5 Å². The van der Waals surface area contributed by atoms with Crippen LogP contribution in [0.25, 0.3) is 0 Å². The van der Waals surface area contributed by atoms with Crippen molar-refractivity contribution in [2.45, 2.75) is 44.6 Å². The van der Waals surface area contributed by atoms with Gasteiger partial charge in [-0.3, -0.25) is 4.79 Å². The monoisotopic (exact) mass is 237 g/mol. The van der Waals surface area contributed by atoms with Gasteiger partial charge in [0.1, 0.15) is 12.0 Å². The molecule has 1 aliphatic carbocycles. The molecule has 1 fully saturated rings. The van der Waals surface area contributed by atoms with Gasteiger partial charge >= 0.3 is 0 Å². The first kappa shape index (κ1) is 12.2. The summed E-state index contributed by atoms with van der Waals surface area (Å²) < 4.78 is 5.12. The maximum absolute atomic E-state index is 12.0. The molecule has 0 atom stereocenters. The van der Waals surface area contributed by atoms with Crippen LogP contribution in [0.4, 0.5) is 0 Å². The van der Waals surface area contributed by atoms with Crippen molar-refractivity contribution >= 4 is 5.91 Å². The SMILES string of the molecule is Cc1cc(C(=O)NC2(CO)CCCCC2)co1. The summed E-state index contributed by atoms with van der Waals surface area (Å²) in [4.78, 5) is 12.0.